The van der Waals surface area contributed by atoms with Crippen LogP contribution >= 0.6 is 11.3 Å². The first-order valence-corrected chi connectivity index (χ1v) is 13.2. The Labute approximate surface area is 211 Å². The Hall–Kier alpha value is -3.75. The number of nitrogens with one attached hydrogen (secondary N) is 2. The summed E-state index contributed by atoms with van der Waals surface area (Å²) in [6.07, 6.45) is 0.182. The number of carbonyl (C=O) groups is 1. The summed E-state index contributed by atoms with van der Waals surface area (Å²) in [6, 6.07) is 11.7. The molecule has 0 bridgehead atoms. The van der Waals surface area contributed by atoms with Crippen LogP contribution in [0.5, 0.6) is 0 Å². The molecule has 14 heteroatoms. The second-order valence-corrected chi connectivity index (χ2v) is 11.4. The van der Waals surface area contributed by atoms with E-state index in [1.165, 1.54) is 28.2 Å². The number of aromatic nitrogens is 4. The highest BCUT2D eigenvalue weighted by molar-refractivity contribution is 7.89. The number of nitrogen functional groups attached to an aromatic ring is 1. The summed E-state index contributed by atoms with van der Waals surface area (Å²) >= 11 is 1.40. The van der Waals surface area contributed by atoms with Crippen molar-refractivity contribution < 1.29 is 17.9 Å². The van der Waals surface area contributed by atoms with E-state index in [9.17, 15) is 13.2 Å². The van der Waals surface area contributed by atoms with Gasteiger partial charge in [-0.05, 0) is 69.2 Å². The number of hydrogen-bond acceptors (Lipinski definition) is 10. The highest BCUT2D eigenvalue weighted by Gasteiger charge is 2.16. The molecule has 0 spiro atoms. The minimum Gasteiger partial charge on any atom is -0.444 e. The maximum atomic E-state index is 11.8. The van der Waals surface area contributed by atoms with E-state index in [1.807, 2.05) is 39.0 Å². The Balaban J connectivity index is 1.45. The van der Waals surface area contributed by atoms with Gasteiger partial charge in [-0.15, -0.1) is 5.10 Å². The lowest BCUT2D eigenvalue weighted by Gasteiger charge is -2.19. The maximum absolute atomic E-state index is 11.8. The van der Waals surface area contributed by atoms with Gasteiger partial charge in [0.2, 0.25) is 27.1 Å². The van der Waals surface area contributed by atoms with Crippen molar-refractivity contribution in [3.8, 4) is 5.13 Å². The fourth-order valence-electron chi connectivity index (χ4n) is 3.20. The number of nitrogens with two attached hydrogens (primary N) is 2. The van der Waals surface area contributed by atoms with Crippen molar-refractivity contribution in [1.82, 2.24) is 25.1 Å². The summed E-state index contributed by atoms with van der Waals surface area (Å²) < 4.78 is 30.4. The molecule has 0 aliphatic rings. The van der Waals surface area contributed by atoms with Gasteiger partial charge in [-0.3, -0.25) is 0 Å². The standard InChI is InChI=1S/C22H26N8O4S2/c1-22(2,3)34-21(31)25-11-10-13-4-9-16-17(12-13)35-20(27-16)30-18(23)28-19(29-30)26-14-5-7-15(8-6-14)36(24,32)33/h4-9,12H,10-11H2,1-3H3,(H,25,31)(H2,24,32,33)(H3,23,26,28,29). The first kappa shape index (κ1) is 25.3. The molecule has 0 radical (unpaired) electrons. The van der Waals surface area contributed by atoms with Gasteiger partial charge in [-0.2, -0.15) is 9.67 Å². The molecule has 12 nitrogen and oxygen atoms in total. The normalized spacial score (nSPS) is 12.0. The van der Waals surface area contributed by atoms with Crippen LogP contribution in [0.3, 0.4) is 0 Å². The largest absolute Gasteiger partial charge is 0.444 e. The predicted octanol–water partition coefficient (Wildman–Crippen LogP) is 2.92. The quantitative estimate of drug-likeness (QED) is 0.279. The van der Waals surface area contributed by atoms with E-state index in [2.05, 4.69) is 25.7 Å². The fourth-order valence-corrected chi connectivity index (χ4v) is 4.71. The number of alkyl carbamates (subject to hydrolysis) is 1. The van der Waals surface area contributed by atoms with Gasteiger partial charge in [0.15, 0.2) is 0 Å². The Bertz CT molecular complexity index is 1510. The van der Waals surface area contributed by atoms with Crippen LogP contribution < -0.4 is 21.5 Å². The zero-order chi connectivity index (χ0) is 26.1. The number of benzene rings is 2. The van der Waals surface area contributed by atoms with Crippen LogP contribution in [-0.2, 0) is 21.2 Å². The van der Waals surface area contributed by atoms with Gasteiger partial charge in [0.1, 0.15) is 5.60 Å². The van der Waals surface area contributed by atoms with E-state index in [0.717, 1.165) is 15.8 Å². The van der Waals surface area contributed by atoms with Crippen LogP contribution in [0.15, 0.2) is 47.4 Å². The molecule has 0 saturated carbocycles. The molecule has 4 rings (SSSR count). The highest BCUT2D eigenvalue weighted by Crippen LogP contribution is 2.28. The van der Waals surface area contributed by atoms with Gasteiger partial charge >= 0.3 is 6.09 Å². The third kappa shape index (κ3) is 6.27. The zero-order valence-electron chi connectivity index (χ0n) is 19.8. The number of rotatable bonds is 7. The molecule has 0 fully saturated rings. The Kier molecular flexibility index (Phi) is 6.84. The van der Waals surface area contributed by atoms with Crippen molar-refractivity contribution in [3.05, 3.63) is 48.0 Å². The first-order chi connectivity index (χ1) is 16.9. The van der Waals surface area contributed by atoms with Gasteiger partial charge in [-0.25, -0.2) is 23.3 Å². The van der Waals surface area contributed by atoms with Gasteiger partial charge < -0.3 is 21.1 Å². The number of fused-ring (bicyclic) bond motifs is 1. The molecule has 2 aromatic heterocycles. The number of primary sulfonamides is 1. The van der Waals surface area contributed by atoms with Crippen LogP contribution in [-0.4, -0.2) is 46.4 Å². The van der Waals surface area contributed by atoms with Crippen LogP contribution in [0.4, 0.5) is 22.4 Å². The topological polar surface area (TPSA) is 180 Å². The number of sulfonamides is 1. The highest BCUT2D eigenvalue weighted by atomic mass is 32.2. The average Bonchev–Trinajstić information content (AvgIpc) is 3.34. The minimum atomic E-state index is -3.78. The smallest absolute Gasteiger partial charge is 0.407 e. The van der Waals surface area contributed by atoms with Crippen molar-refractivity contribution in [1.29, 1.82) is 0 Å². The van der Waals surface area contributed by atoms with Crippen LogP contribution in [0.25, 0.3) is 15.3 Å². The number of carbonyl (C=O) groups excluding carboxylic acids is 1. The zero-order valence-corrected chi connectivity index (χ0v) is 21.5. The molecule has 0 atom stereocenters. The number of ether oxygens (including phenoxy) is 1. The minimum absolute atomic E-state index is 0.000480. The van der Waals surface area contributed by atoms with Crippen molar-refractivity contribution >= 4 is 55.3 Å². The second kappa shape index (κ2) is 9.72. The molecule has 0 aliphatic heterocycles. The van der Waals surface area contributed by atoms with Crippen molar-refractivity contribution in [2.24, 2.45) is 5.14 Å². The summed E-state index contributed by atoms with van der Waals surface area (Å²) in [5.41, 5.74) is 7.90. The Morgan fingerprint density at radius 1 is 1.14 bits per heavy atom. The number of anilines is 3. The molecular formula is C22H26N8O4S2. The van der Waals surface area contributed by atoms with E-state index in [0.29, 0.717) is 23.8 Å². The number of thiazole rings is 1. The summed E-state index contributed by atoms with van der Waals surface area (Å²) in [6.45, 7) is 5.89. The summed E-state index contributed by atoms with van der Waals surface area (Å²) in [4.78, 5) is 20.6. The Morgan fingerprint density at radius 3 is 2.53 bits per heavy atom. The van der Waals surface area contributed by atoms with E-state index in [-0.39, 0.29) is 16.8 Å². The summed E-state index contributed by atoms with van der Waals surface area (Å²) in [5, 5.41) is 15.8. The Morgan fingerprint density at radius 2 is 1.86 bits per heavy atom. The van der Waals surface area contributed by atoms with E-state index in [1.54, 1.807) is 12.1 Å². The number of amides is 1. The van der Waals surface area contributed by atoms with Crippen molar-refractivity contribution in [3.63, 3.8) is 0 Å². The van der Waals surface area contributed by atoms with Gasteiger partial charge in [-0.1, -0.05) is 17.4 Å². The summed E-state index contributed by atoms with van der Waals surface area (Å²) in [7, 11) is -3.78. The number of nitrogens with zero attached hydrogens (tertiary/aromatic N) is 4. The SMILES string of the molecule is CC(C)(C)OC(=O)NCCc1ccc2nc(-n3nc(Nc4ccc(S(N)(=O)=O)cc4)nc3N)sc2c1. The van der Waals surface area contributed by atoms with Crippen LogP contribution in [0.2, 0.25) is 0 Å². The third-order valence-electron chi connectivity index (χ3n) is 4.78. The average molecular weight is 531 g/mol. The van der Waals surface area contributed by atoms with Gasteiger partial charge in [0, 0.05) is 12.2 Å². The third-order valence-corrected chi connectivity index (χ3v) is 6.70. The van der Waals surface area contributed by atoms with Crippen molar-refractivity contribution in [2.45, 2.75) is 37.7 Å². The number of hydrogen-bond donors (Lipinski definition) is 4. The monoisotopic (exact) mass is 530 g/mol. The molecule has 0 unspecified atom stereocenters. The van der Waals surface area contributed by atoms with E-state index < -0.39 is 21.7 Å². The maximum Gasteiger partial charge on any atom is 0.407 e. The van der Waals surface area contributed by atoms with Crippen LogP contribution in [0.1, 0.15) is 26.3 Å². The van der Waals surface area contributed by atoms with Gasteiger partial charge in [0.25, 0.3) is 0 Å². The lowest BCUT2D eigenvalue weighted by Crippen LogP contribution is -2.33. The second-order valence-electron chi connectivity index (χ2n) is 8.88. The lowest BCUT2D eigenvalue weighted by atomic mass is 10.1. The predicted molar refractivity (Wildman–Crippen MR) is 138 cm³/mol. The molecule has 36 heavy (non-hydrogen) atoms. The van der Waals surface area contributed by atoms with Crippen LogP contribution in [0, 0.1) is 0 Å². The molecule has 0 saturated heterocycles. The fraction of sp³-hybridized carbons (Fsp3) is 0.273. The van der Waals surface area contributed by atoms with E-state index >= 15 is 0 Å². The molecular weight excluding hydrogens is 504 g/mol. The summed E-state index contributed by atoms with van der Waals surface area (Å²) in [5.74, 6) is 0.364. The van der Waals surface area contributed by atoms with Crippen molar-refractivity contribution in [2.75, 3.05) is 17.6 Å². The molecule has 190 valence electrons. The van der Waals surface area contributed by atoms with E-state index in [4.69, 9.17) is 15.6 Å². The molecule has 2 aromatic carbocycles. The lowest BCUT2D eigenvalue weighted by molar-refractivity contribution is 0.0528. The molecule has 0 aliphatic carbocycles. The first-order valence-electron chi connectivity index (χ1n) is 10.9. The molecule has 4 aromatic rings. The molecule has 1 amide bonds. The van der Waals surface area contributed by atoms with Gasteiger partial charge in [0.05, 0.1) is 15.1 Å². The molecule has 2 heterocycles. The molecule has 6 N–H and O–H groups in total.